The van der Waals surface area contributed by atoms with Crippen molar-refractivity contribution in [3.8, 4) is 5.75 Å². The molecule has 0 saturated carbocycles. The van der Waals surface area contributed by atoms with Crippen LogP contribution in [0.15, 0.2) is 28.8 Å². The summed E-state index contributed by atoms with van der Waals surface area (Å²) >= 11 is 0. The lowest BCUT2D eigenvalue weighted by molar-refractivity contribution is -0.0221. The van der Waals surface area contributed by atoms with Crippen LogP contribution in [-0.4, -0.2) is 21.9 Å². The number of aromatic nitrogens is 2. The predicted octanol–water partition coefficient (Wildman–Crippen LogP) is 2.64. The maximum Gasteiger partial charge on any atom is 0.231 e. The molecule has 1 heterocycles. The van der Waals surface area contributed by atoms with E-state index in [2.05, 4.69) is 10.1 Å². The molecule has 0 unspecified atom stereocenters. The lowest BCUT2D eigenvalue weighted by atomic mass is 10.1. The maximum atomic E-state index is 9.71. The van der Waals surface area contributed by atoms with Crippen LogP contribution in [0.5, 0.6) is 5.75 Å². The van der Waals surface area contributed by atoms with Crippen molar-refractivity contribution in [1.29, 1.82) is 0 Å². The summed E-state index contributed by atoms with van der Waals surface area (Å²) in [7, 11) is 0. The third-order valence-corrected chi connectivity index (χ3v) is 2.85. The summed E-state index contributed by atoms with van der Waals surface area (Å²) in [6.07, 6.45) is 0.405. The van der Waals surface area contributed by atoms with E-state index in [1.54, 1.807) is 12.1 Å². The van der Waals surface area contributed by atoms with Gasteiger partial charge in [0, 0.05) is 12.2 Å². The van der Waals surface area contributed by atoms with Crippen LogP contribution < -0.4 is 0 Å². The Hall–Kier alpha value is -1.88. The van der Waals surface area contributed by atoms with Crippen molar-refractivity contribution in [2.24, 2.45) is 0 Å². The Morgan fingerprint density at radius 1 is 1.32 bits per heavy atom. The number of rotatable bonds is 5. The van der Waals surface area contributed by atoms with Gasteiger partial charge in [0.25, 0.3) is 0 Å². The van der Waals surface area contributed by atoms with Crippen LogP contribution in [0.4, 0.5) is 0 Å². The van der Waals surface area contributed by atoms with Crippen LogP contribution in [0, 0.1) is 0 Å². The molecule has 0 amide bonds. The number of phenols is 1. The largest absolute Gasteiger partial charge is 0.508 e. The fourth-order valence-corrected chi connectivity index (χ4v) is 1.82. The highest BCUT2D eigenvalue weighted by Gasteiger charge is 2.27. The molecule has 5 nitrogen and oxygen atoms in total. The average molecular weight is 262 g/mol. The minimum atomic E-state index is -0.574. The van der Waals surface area contributed by atoms with E-state index < -0.39 is 5.60 Å². The smallest absolute Gasteiger partial charge is 0.231 e. The average Bonchev–Trinajstić information content (AvgIpc) is 2.81. The first-order chi connectivity index (χ1) is 9.03. The van der Waals surface area contributed by atoms with Gasteiger partial charge in [-0.05, 0) is 26.8 Å². The highest BCUT2D eigenvalue weighted by Crippen LogP contribution is 2.23. The van der Waals surface area contributed by atoms with Gasteiger partial charge in [0.05, 0.1) is 6.42 Å². The number of hydrogen-bond acceptors (Lipinski definition) is 5. The van der Waals surface area contributed by atoms with Crippen LogP contribution in [0.2, 0.25) is 0 Å². The van der Waals surface area contributed by atoms with E-state index in [0.717, 1.165) is 5.56 Å². The number of phenolic OH excluding ortho intramolecular Hbond substituents is 1. The van der Waals surface area contributed by atoms with Gasteiger partial charge in [-0.1, -0.05) is 23.4 Å². The zero-order chi connectivity index (χ0) is 13.9. The zero-order valence-electron chi connectivity index (χ0n) is 11.4. The van der Waals surface area contributed by atoms with E-state index in [1.165, 1.54) is 0 Å². The summed E-state index contributed by atoms with van der Waals surface area (Å²) in [6, 6.07) is 7.09. The second-order valence-corrected chi connectivity index (χ2v) is 4.76. The van der Waals surface area contributed by atoms with Gasteiger partial charge >= 0.3 is 0 Å². The standard InChI is InChI=1S/C14H18N2O3/c1-4-18-14(2,3)13-15-12(19-16-13)9-10-7-5-6-8-11(10)17/h5-8,17H,4,9H2,1-3H3. The normalized spacial score (nSPS) is 11.7. The molecule has 2 aromatic rings. The number of hydrogen-bond donors (Lipinski definition) is 1. The van der Waals surface area contributed by atoms with Crippen molar-refractivity contribution in [1.82, 2.24) is 10.1 Å². The van der Waals surface area contributed by atoms with E-state index in [4.69, 9.17) is 9.26 Å². The second-order valence-electron chi connectivity index (χ2n) is 4.76. The van der Waals surface area contributed by atoms with Crippen molar-refractivity contribution >= 4 is 0 Å². The SMILES string of the molecule is CCOC(C)(C)c1noc(Cc2ccccc2O)n1. The molecule has 19 heavy (non-hydrogen) atoms. The predicted molar refractivity (Wildman–Crippen MR) is 69.9 cm³/mol. The molecule has 5 heteroatoms. The summed E-state index contributed by atoms with van der Waals surface area (Å²) in [5.74, 6) is 1.20. The Labute approximate surface area is 112 Å². The minimum absolute atomic E-state index is 0.228. The van der Waals surface area contributed by atoms with Gasteiger partial charge in [0.15, 0.2) is 0 Å². The highest BCUT2D eigenvalue weighted by atomic mass is 16.5. The molecule has 0 aliphatic heterocycles. The van der Waals surface area contributed by atoms with Crippen LogP contribution in [0.3, 0.4) is 0 Å². The van der Waals surface area contributed by atoms with Gasteiger partial charge in [-0.25, -0.2) is 0 Å². The zero-order valence-corrected chi connectivity index (χ0v) is 11.4. The third-order valence-electron chi connectivity index (χ3n) is 2.85. The molecule has 0 spiro atoms. The first kappa shape index (κ1) is 13.5. The molecule has 1 aromatic heterocycles. The minimum Gasteiger partial charge on any atom is -0.508 e. The number of aromatic hydroxyl groups is 1. The van der Waals surface area contributed by atoms with Crippen molar-refractivity contribution < 1.29 is 14.4 Å². The van der Waals surface area contributed by atoms with Gasteiger partial charge in [-0.3, -0.25) is 0 Å². The molecule has 0 radical (unpaired) electrons. The maximum absolute atomic E-state index is 9.71. The van der Waals surface area contributed by atoms with E-state index >= 15 is 0 Å². The molecule has 1 N–H and O–H groups in total. The number of para-hydroxylation sites is 1. The molecule has 0 aliphatic rings. The lowest BCUT2D eigenvalue weighted by Crippen LogP contribution is -2.23. The van der Waals surface area contributed by atoms with Gasteiger partial charge in [-0.2, -0.15) is 4.98 Å². The number of ether oxygens (including phenoxy) is 1. The van der Waals surface area contributed by atoms with Crippen LogP contribution in [-0.2, 0) is 16.8 Å². The van der Waals surface area contributed by atoms with Gasteiger partial charge < -0.3 is 14.4 Å². The fourth-order valence-electron chi connectivity index (χ4n) is 1.82. The van der Waals surface area contributed by atoms with E-state index in [9.17, 15) is 5.11 Å². The molecule has 1 aromatic carbocycles. The number of nitrogens with zero attached hydrogens (tertiary/aromatic N) is 2. The summed E-state index contributed by atoms with van der Waals surface area (Å²) < 4.78 is 10.8. The Bertz CT molecular complexity index is 549. The molecule has 0 saturated heterocycles. The van der Waals surface area contributed by atoms with Crippen molar-refractivity contribution in [2.75, 3.05) is 6.61 Å². The molecule has 0 bridgehead atoms. The topological polar surface area (TPSA) is 68.4 Å². The molecule has 0 atom stereocenters. The van der Waals surface area contributed by atoms with E-state index in [0.29, 0.717) is 24.7 Å². The second kappa shape index (κ2) is 5.40. The monoisotopic (exact) mass is 262 g/mol. The van der Waals surface area contributed by atoms with Crippen molar-refractivity contribution in [2.45, 2.75) is 32.8 Å². The Kier molecular flexibility index (Phi) is 3.85. The summed E-state index contributed by atoms with van der Waals surface area (Å²) in [5.41, 5.74) is 0.182. The summed E-state index contributed by atoms with van der Waals surface area (Å²) in [6.45, 7) is 6.29. The van der Waals surface area contributed by atoms with E-state index in [-0.39, 0.29) is 5.75 Å². The van der Waals surface area contributed by atoms with Crippen molar-refractivity contribution in [3.05, 3.63) is 41.5 Å². The third kappa shape index (κ3) is 3.12. The van der Waals surface area contributed by atoms with Gasteiger partial charge in [0.1, 0.15) is 11.4 Å². The quantitative estimate of drug-likeness (QED) is 0.897. The van der Waals surface area contributed by atoms with Gasteiger partial charge in [-0.15, -0.1) is 0 Å². The highest BCUT2D eigenvalue weighted by molar-refractivity contribution is 5.33. The Balaban J connectivity index is 2.16. The summed E-state index contributed by atoms with van der Waals surface area (Å²) in [5, 5.41) is 13.6. The molecular formula is C14H18N2O3. The molecule has 0 fully saturated rings. The van der Waals surface area contributed by atoms with Crippen LogP contribution >= 0.6 is 0 Å². The molecule has 0 aliphatic carbocycles. The van der Waals surface area contributed by atoms with Gasteiger partial charge in [0.2, 0.25) is 11.7 Å². The number of benzene rings is 1. The molecule has 2 rings (SSSR count). The molecular weight excluding hydrogens is 244 g/mol. The first-order valence-electron chi connectivity index (χ1n) is 6.27. The Morgan fingerprint density at radius 3 is 2.74 bits per heavy atom. The fraction of sp³-hybridized carbons (Fsp3) is 0.429. The van der Waals surface area contributed by atoms with E-state index in [1.807, 2.05) is 32.9 Å². The first-order valence-corrected chi connectivity index (χ1v) is 6.27. The van der Waals surface area contributed by atoms with Crippen molar-refractivity contribution in [3.63, 3.8) is 0 Å². The van der Waals surface area contributed by atoms with Crippen LogP contribution in [0.1, 0.15) is 38.0 Å². The lowest BCUT2D eigenvalue weighted by Gasteiger charge is -2.19. The Morgan fingerprint density at radius 2 is 2.05 bits per heavy atom. The summed E-state index contributed by atoms with van der Waals surface area (Å²) in [4.78, 5) is 4.32. The molecule has 102 valence electrons. The van der Waals surface area contributed by atoms with Crippen LogP contribution in [0.25, 0.3) is 0 Å².